The Hall–Kier alpha value is -3.19. The van der Waals surface area contributed by atoms with Crippen LogP contribution in [0.15, 0.2) is 55.4 Å². The van der Waals surface area contributed by atoms with Gasteiger partial charge in [0.1, 0.15) is 12.3 Å². The summed E-state index contributed by atoms with van der Waals surface area (Å²) < 4.78 is 8.12. The molecule has 0 fully saturated rings. The number of nitrogen functional groups attached to an aromatic ring is 1. The first-order valence-electron chi connectivity index (χ1n) is 7.62. The van der Waals surface area contributed by atoms with E-state index >= 15 is 0 Å². The Morgan fingerprint density at radius 1 is 1.31 bits per heavy atom. The van der Waals surface area contributed by atoms with E-state index in [0.717, 1.165) is 10.9 Å². The number of hydrogen-bond acceptors (Lipinski definition) is 4. The minimum atomic E-state index is -0.561. The Morgan fingerprint density at radius 2 is 2.08 bits per heavy atom. The zero-order valence-electron chi connectivity index (χ0n) is 14.1. The average molecular weight is 375 g/mol. The summed E-state index contributed by atoms with van der Waals surface area (Å²) in [4.78, 5) is 24.3. The zero-order chi connectivity index (χ0) is 18.0. The van der Waals surface area contributed by atoms with E-state index < -0.39 is 6.09 Å². The number of nitrogens with two attached hydrogens (primary N) is 1. The van der Waals surface area contributed by atoms with Gasteiger partial charge in [-0.25, -0.2) is 4.79 Å². The minimum Gasteiger partial charge on any atom is -0.445 e. The van der Waals surface area contributed by atoms with Crippen LogP contribution in [0.3, 0.4) is 0 Å². The number of aromatic nitrogens is 2. The van der Waals surface area contributed by atoms with Gasteiger partial charge in [0, 0.05) is 30.5 Å². The molecule has 0 bridgehead atoms. The van der Waals surface area contributed by atoms with Crippen LogP contribution in [-0.4, -0.2) is 27.7 Å². The average Bonchev–Trinajstić information content (AvgIpc) is 3.14. The zero-order valence-corrected chi connectivity index (χ0v) is 15.0. The number of nitrogens with zero attached hydrogens (tertiary/aromatic N) is 2. The summed E-state index contributed by atoms with van der Waals surface area (Å²) in [5, 5.41) is 3.44. The van der Waals surface area contributed by atoms with E-state index in [1.807, 2.05) is 0 Å². The third kappa shape index (κ3) is 3.73. The van der Waals surface area contributed by atoms with E-state index in [4.69, 9.17) is 10.5 Å². The van der Waals surface area contributed by atoms with Crippen molar-refractivity contribution in [1.29, 1.82) is 0 Å². The Labute approximate surface area is 156 Å². The Kier molecular flexibility index (Phi) is 5.74. The van der Waals surface area contributed by atoms with Gasteiger partial charge in [-0.15, -0.1) is 12.4 Å². The van der Waals surface area contributed by atoms with E-state index in [-0.39, 0.29) is 24.9 Å². The highest BCUT2D eigenvalue weighted by molar-refractivity contribution is 6.02. The number of halogens is 1. The smallest absolute Gasteiger partial charge is 0.411 e. The number of aryl methyl sites for hydroxylation is 1. The highest BCUT2D eigenvalue weighted by atomic mass is 35.5. The number of hydrogen-bond donors (Lipinski definition) is 2. The third-order valence-corrected chi connectivity index (χ3v) is 3.73. The second-order valence-corrected chi connectivity index (χ2v) is 5.55. The molecule has 0 unspecified atom stereocenters. The van der Waals surface area contributed by atoms with Gasteiger partial charge < -0.3 is 15.0 Å². The van der Waals surface area contributed by atoms with Crippen molar-refractivity contribution in [1.82, 2.24) is 9.13 Å². The highest BCUT2D eigenvalue weighted by Gasteiger charge is 2.15. The molecular formula is C18H19ClN4O3. The number of amides is 1. The molecule has 1 amide bonds. The minimum absolute atomic E-state index is 0. The molecule has 0 aliphatic rings. The molecule has 0 aliphatic heterocycles. The van der Waals surface area contributed by atoms with Crippen molar-refractivity contribution in [3.05, 3.63) is 61.1 Å². The van der Waals surface area contributed by atoms with Crippen LogP contribution >= 0.6 is 12.4 Å². The summed E-state index contributed by atoms with van der Waals surface area (Å²) >= 11 is 0. The first kappa shape index (κ1) is 19.1. The van der Waals surface area contributed by atoms with E-state index in [1.54, 1.807) is 58.9 Å². The number of benzene rings is 1. The summed E-state index contributed by atoms with van der Waals surface area (Å²) in [7, 11) is 1.77. The number of carbonyl (C=O) groups is 2. The number of nitrogens with one attached hydrogen (secondary N) is 1. The van der Waals surface area contributed by atoms with Crippen LogP contribution < -0.4 is 11.1 Å². The van der Waals surface area contributed by atoms with Gasteiger partial charge in [-0.2, -0.15) is 0 Å². The molecule has 3 aromatic rings. The normalized spacial score (nSPS) is 10.2. The lowest BCUT2D eigenvalue weighted by Crippen LogP contribution is -2.14. The van der Waals surface area contributed by atoms with Crippen LogP contribution in [0, 0.1) is 0 Å². The molecule has 2 heterocycles. The lowest BCUT2D eigenvalue weighted by molar-refractivity contribution is 0.0957. The number of anilines is 2. The molecular weight excluding hydrogens is 356 g/mol. The molecule has 0 radical (unpaired) electrons. The SMILES string of the molecule is C=CCOC(=O)Nc1ccc2c(ccn2C(=O)c2cc(N)cn2C)c1.Cl. The van der Waals surface area contributed by atoms with Gasteiger partial charge in [-0.1, -0.05) is 12.7 Å². The number of rotatable bonds is 4. The maximum atomic E-state index is 12.7. The number of ether oxygens (including phenoxy) is 1. The second-order valence-electron chi connectivity index (χ2n) is 5.55. The van der Waals surface area contributed by atoms with E-state index in [1.165, 1.54) is 6.08 Å². The molecule has 1 aromatic carbocycles. The van der Waals surface area contributed by atoms with E-state index in [9.17, 15) is 9.59 Å². The lowest BCUT2D eigenvalue weighted by atomic mass is 10.2. The van der Waals surface area contributed by atoms with Crippen LogP contribution in [-0.2, 0) is 11.8 Å². The summed E-state index contributed by atoms with van der Waals surface area (Å²) in [6, 6.07) is 8.69. The Morgan fingerprint density at radius 3 is 2.73 bits per heavy atom. The number of fused-ring (bicyclic) bond motifs is 1. The van der Waals surface area contributed by atoms with Crippen molar-refractivity contribution in [3.63, 3.8) is 0 Å². The molecule has 3 rings (SSSR count). The topological polar surface area (TPSA) is 91.3 Å². The Bertz CT molecular complexity index is 974. The predicted molar refractivity (Wildman–Crippen MR) is 104 cm³/mol. The van der Waals surface area contributed by atoms with E-state index in [2.05, 4.69) is 11.9 Å². The lowest BCUT2D eigenvalue weighted by Gasteiger charge is -2.07. The molecule has 2 aromatic heterocycles. The van der Waals surface area contributed by atoms with Gasteiger partial charge in [0.25, 0.3) is 5.91 Å². The van der Waals surface area contributed by atoms with Crippen LogP contribution in [0.25, 0.3) is 10.9 Å². The highest BCUT2D eigenvalue weighted by Crippen LogP contribution is 2.22. The van der Waals surface area contributed by atoms with Gasteiger partial charge in [-0.05, 0) is 30.3 Å². The van der Waals surface area contributed by atoms with Crippen LogP contribution in [0.1, 0.15) is 10.5 Å². The standard InChI is InChI=1S/C18H18N4O3.ClH/c1-3-8-25-18(24)20-14-4-5-15-12(9-14)6-7-22(15)17(23)16-10-13(19)11-21(16)2;/h3-7,9-11H,1,8,19H2,2H3,(H,20,24);1H. The van der Waals surface area contributed by atoms with Crippen molar-refractivity contribution in [2.45, 2.75) is 0 Å². The van der Waals surface area contributed by atoms with Crippen molar-refractivity contribution >= 4 is 46.7 Å². The second kappa shape index (κ2) is 7.79. The monoisotopic (exact) mass is 374 g/mol. The van der Waals surface area contributed by atoms with Gasteiger partial charge >= 0.3 is 6.09 Å². The fourth-order valence-electron chi connectivity index (χ4n) is 2.61. The summed E-state index contributed by atoms with van der Waals surface area (Å²) in [6.07, 6.45) is 4.31. The fourth-order valence-corrected chi connectivity index (χ4v) is 2.61. The summed E-state index contributed by atoms with van der Waals surface area (Å²) in [5.41, 5.74) is 8.08. The van der Waals surface area contributed by atoms with Crippen LogP contribution in [0.2, 0.25) is 0 Å². The maximum absolute atomic E-state index is 12.7. The van der Waals surface area contributed by atoms with Crippen molar-refractivity contribution in [2.75, 3.05) is 17.7 Å². The van der Waals surface area contributed by atoms with Crippen molar-refractivity contribution < 1.29 is 14.3 Å². The van der Waals surface area contributed by atoms with Gasteiger partial charge in [0.05, 0.1) is 11.2 Å². The van der Waals surface area contributed by atoms with Crippen LogP contribution in [0.5, 0.6) is 0 Å². The van der Waals surface area contributed by atoms with Gasteiger partial charge in [0.15, 0.2) is 0 Å². The number of carbonyl (C=O) groups excluding carboxylic acids is 2. The largest absolute Gasteiger partial charge is 0.445 e. The predicted octanol–water partition coefficient (Wildman–Crippen LogP) is 3.41. The molecule has 0 atom stereocenters. The summed E-state index contributed by atoms with van der Waals surface area (Å²) in [5.74, 6) is -0.180. The van der Waals surface area contributed by atoms with Gasteiger partial charge in [-0.3, -0.25) is 14.7 Å². The fraction of sp³-hybridized carbons (Fsp3) is 0.111. The van der Waals surface area contributed by atoms with Gasteiger partial charge in [0.2, 0.25) is 0 Å². The van der Waals surface area contributed by atoms with E-state index in [0.29, 0.717) is 17.1 Å². The summed E-state index contributed by atoms with van der Waals surface area (Å²) in [6.45, 7) is 3.62. The van der Waals surface area contributed by atoms with Crippen molar-refractivity contribution in [3.8, 4) is 0 Å². The molecule has 3 N–H and O–H groups in total. The first-order chi connectivity index (χ1) is 12.0. The molecule has 136 valence electrons. The molecule has 7 nitrogen and oxygen atoms in total. The molecule has 0 saturated heterocycles. The molecule has 0 spiro atoms. The molecule has 26 heavy (non-hydrogen) atoms. The Balaban J connectivity index is 0.00000243. The molecule has 8 heteroatoms. The van der Waals surface area contributed by atoms with Crippen molar-refractivity contribution in [2.24, 2.45) is 7.05 Å². The quantitative estimate of drug-likeness (QED) is 0.684. The molecule has 0 aliphatic carbocycles. The molecule has 0 saturated carbocycles. The third-order valence-electron chi connectivity index (χ3n) is 3.73. The maximum Gasteiger partial charge on any atom is 0.411 e. The van der Waals surface area contributed by atoms with Crippen LogP contribution in [0.4, 0.5) is 16.2 Å². The first-order valence-corrected chi connectivity index (χ1v) is 7.62.